The summed E-state index contributed by atoms with van der Waals surface area (Å²) in [6, 6.07) is 7.29. The van der Waals surface area contributed by atoms with Crippen LogP contribution in [-0.2, 0) is 0 Å². The molecule has 1 aliphatic rings. The van der Waals surface area contributed by atoms with Gasteiger partial charge in [0.1, 0.15) is 12.0 Å². The Bertz CT molecular complexity index is 962. The van der Waals surface area contributed by atoms with Gasteiger partial charge in [0.25, 0.3) is 5.69 Å². The number of hydrogen-bond acceptors (Lipinski definition) is 6. The summed E-state index contributed by atoms with van der Waals surface area (Å²) in [5, 5.41) is 14.9. The fourth-order valence-corrected chi connectivity index (χ4v) is 3.69. The molecule has 0 saturated carbocycles. The Morgan fingerprint density at radius 1 is 1.32 bits per heavy atom. The van der Waals surface area contributed by atoms with E-state index in [1.807, 2.05) is 0 Å². The van der Waals surface area contributed by atoms with Crippen LogP contribution in [0.25, 0.3) is 5.57 Å². The van der Waals surface area contributed by atoms with Gasteiger partial charge in [0.05, 0.1) is 16.7 Å². The average molecular weight is 379 g/mol. The van der Waals surface area contributed by atoms with E-state index < -0.39 is 4.92 Å². The molecular weight excluding hydrogens is 354 g/mol. The summed E-state index contributed by atoms with van der Waals surface area (Å²) in [4.78, 5) is 16.6. The zero-order chi connectivity index (χ0) is 20.5. The lowest BCUT2D eigenvalue weighted by molar-refractivity contribution is -0.385. The van der Waals surface area contributed by atoms with Crippen molar-refractivity contribution < 1.29 is 4.92 Å². The highest BCUT2D eigenvalue weighted by molar-refractivity contribution is 5.89. The van der Waals surface area contributed by atoms with E-state index in [0.29, 0.717) is 5.82 Å². The number of anilines is 2. The highest BCUT2D eigenvalue weighted by atomic mass is 16.6. The fraction of sp³-hybridized carbons (Fsp3) is 0.333. The third-order valence-corrected chi connectivity index (χ3v) is 5.02. The second-order valence-corrected chi connectivity index (χ2v) is 7.48. The van der Waals surface area contributed by atoms with Crippen molar-refractivity contribution in [3.8, 4) is 0 Å². The van der Waals surface area contributed by atoms with E-state index >= 15 is 0 Å². The van der Waals surface area contributed by atoms with Crippen molar-refractivity contribution in [3.63, 3.8) is 0 Å². The summed E-state index contributed by atoms with van der Waals surface area (Å²) >= 11 is 0. The van der Waals surface area contributed by atoms with Gasteiger partial charge in [0, 0.05) is 23.9 Å². The average Bonchev–Trinajstić information content (AvgIpc) is 2.62. The van der Waals surface area contributed by atoms with Gasteiger partial charge in [-0.25, -0.2) is 4.98 Å². The van der Waals surface area contributed by atoms with E-state index in [-0.39, 0.29) is 11.2 Å². The molecule has 0 saturated heterocycles. The quantitative estimate of drug-likeness (QED) is 0.460. The monoisotopic (exact) mass is 379 g/mol. The summed E-state index contributed by atoms with van der Waals surface area (Å²) < 4.78 is 0. The van der Waals surface area contributed by atoms with Crippen LogP contribution in [0.15, 0.2) is 41.6 Å². The van der Waals surface area contributed by atoms with E-state index in [1.165, 1.54) is 35.2 Å². The number of hydrazone groups is 1. The van der Waals surface area contributed by atoms with Crippen LogP contribution in [0.5, 0.6) is 0 Å². The van der Waals surface area contributed by atoms with E-state index in [4.69, 9.17) is 0 Å². The zero-order valence-electron chi connectivity index (χ0n) is 16.9. The molecule has 2 aromatic rings. The van der Waals surface area contributed by atoms with Crippen LogP contribution >= 0.6 is 0 Å². The number of nitro groups is 1. The molecule has 0 spiro atoms. The van der Waals surface area contributed by atoms with Crippen molar-refractivity contribution in [2.24, 2.45) is 5.10 Å². The molecule has 1 aromatic carbocycles. The van der Waals surface area contributed by atoms with Gasteiger partial charge in [0.2, 0.25) is 0 Å². The third kappa shape index (κ3) is 3.74. The van der Waals surface area contributed by atoms with Crippen LogP contribution in [-0.4, -0.2) is 28.2 Å². The lowest BCUT2D eigenvalue weighted by Crippen LogP contribution is -2.45. The highest BCUT2D eigenvalue weighted by Gasteiger charge is 2.30. The first kappa shape index (κ1) is 19.5. The van der Waals surface area contributed by atoms with E-state index in [9.17, 15) is 10.1 Å². The van der Waals surface area contributed by atoms with Crippen molar-refractivity contribution in [1.29, 1.82) is 0 Å². The SMILES string of the molecule is CCN1c2cc(C)c(/C=N\Nc3ccc([N+](=O)[O-])cn3)cc2C(C)=CC1(C)C. The Hall–Kier alpha value is -3.22. The molecule has 7 heteroatoms. The van der Waals surface area contributed by atoms with Crippen LogP contribution in [0.3, 0.4) is 0 Å². The molecule has 0 bridgehead atoms. The summed E-state index contributed by atoms with van der Waals surface area (Å²) in [7, 11) is 0. The number of aryl methyl sites for hydroxylation is 1. The van der Waals surface area contributed by atoms with E-state index in [1.54, 1.807) is 6.21 Å². The topological polar surface area (TPSA) is 83.7 Å². The van der Waals surface area contributed by atoms with Crippen molar-refractivity contribution in [3.05, 3.63) is 63.3 Å². The standard InChI is InChI=1S/C21H25N5O2/c1-6-25-19-9-14(2)16(10-18(19)15(3)11-21(25,4)5)12-23-24-20-8-7-17(13-22-20)26(27)28/h7-13H,6H2,1-5H3,(H,22,24)/b23-12-. The summed E-state index contributed by atoms with van der Waals surface area (Å²) in [5.74, 6) is 0.451. The van der Waals surface area contributed by atoms with Crippen molar-refractivity contribution >= 4 is 29.0 Å². The Morgan fingerprint density at radius 2 is 2.07 bits per heavy atom. The van der Waals surface area contributed by atoms with Crippen molar-refractivity contribution in [2.45, 2.75) is 40.2 Å². The number of allylic oxidation sites excluding steroid dienone is 1. The van der Waals surface area contributed by atoms with Crippen molar-refractivity contribution in [2.75, 3.05) is 16.9 Å². The van der Waals surface area contributed by atoms with Gasteiger partial charge >= 0.3 is 0 Å². The number of hydrogen-bond donors (Lipinski definition) is 1. The number of benzene rings is 1. The Morgan fingerprint density at radius 3 is 2.68 bits per heavy atom. The second-order valence-electron chi connectivity index (χ2n) is 7.48. The van der Waals surface area contributed by atoms with Gasteiger partial charge in [-0.15, -0.1) is 0 Å². The smallest absolute Gasteiger partial charge is 0.287 e. The molecule has 2 heterocycles. The Balaban J connectivity index is 1.85. The molecule has 1 aromatic heterocycles. The Kier molecular flexibility index (Phi) is 5.18. The molecule has 28 heavy (non-hydrogen) atoms. The molecule has 0 fully saturated rings. The second kappa shape index (κ2) is 7.42. The normalized spacial score (nSPS) is 15.3. The molecule has 0 atom stereocenters. The largest absolute Gasteiger partial charge is 0.363 e. The van der Waals surface area contributed by atoms with Gasteiger partial charge in [0.15, 0.2) is 0 Å². The molecule has 7 nitrogen and oxygen atoms in total. The van der Waals surface area contributed by atoms with Gasteiger partial charge in [-0.05, 0) is 69.5 Å². The first-order valence-electron chi connectivity index (χ1n) is 9.24. The molecule has 0 amide bonds. The maximum Gasteiger partial charge on any atom is 0.287 e. The first-order valence-corrected chi connectivity index (χ1v) is 9.24. The number of rotatable bonds is 5. The number of likely N-dealkylation sites (N-methyl/N-ethyl adjacent to an activating group) is 1. The third-order valence-electron chi connectivity index (χ3n) is 5.02. The van der Waals surface area contributed by atoms with E-state index in [2.05, 4.69) is 73.2 Å². The molecule has 3 rings (SSSR count). The maximum atomic E-state index is 10.7. The first-order chi connectivity index (χ1) is 13.2. The van der Waals surface area contributed by atoms with Gasteiger partial charge < -0.3 is 4.90 Å². The van der Waals surface area contributed by atoms with Crippen LogP contribution in [0.1, 0.15) is 44.4 Å². The number of pyridine rings is 1. The van der Waals surface area contributed by atoms with Crippen LogP contribution in [0.4, 0.5) is 17.2 Å². The van der Waals surface area contributed by atoms with Crippen LogP contribution in [0.2, 0.25) is 0 Å². The van der Waals surface area contributed by atoms with Gasteiger partial charge in [-0.2, -0.15) is 5.10 Å². The maximum absolute atomic E-state index is 10.7. The number of aromatic nitrogens is 1. The minimum atomic E-state index is -0.479. The number of nitrogens with one attached hydrogen (secondary N) is 1. The molecular formula is C21H25N5O2. The minimum absolute atomic E-state index is 0.0168. The summed E-state index contributed by atoms with van der Waals surface area (Å²) in [6.07, 6.45) is 5.26. The number of fused-ring (bicyclic) bond motifs is 1. The minimum Gasteiger partial charge on any atom is -0.363 e. The van der Waals surface area contributed by atoms with Gasteiger partial charge in [-0.1, -0.05) is 6.08 Å². The van der Waals surface area contributed by atoms with E-state index in [0.717, 1.165) is 17.7 Å². The summed E-state index contributed by atoms with van der Waals surface area (Å²) in [6.45, 7) is 11.8. The lowest BCUT2D eigenvalue weighted by atomic mass is 9.87. The predicted molar refractivity (Wildman–Crippen MR) is 114 cm³/mol. The molecule has 0 radical (unpaired) electrons. The van der Waals surface area contributed by atoms with Crippen molar-refractivity contribution in [1.82, 2.24) is 4.98 Å². The molecule has 1 N–H and O–H groups in total. The fourth-order valence-electron chi connectivity index (χ4n) is 3.69. The zero-order valence-corrected chi connectivity index (χ0v) is 16.9. The molecule has 146 valence electrons. The van der Waals surface area contributed by atoms with Crippen LogP contribution in [0, 0.1) is 17.0 Å². The predicted octanol–water partition coefficient (Wildman–Crippen LogP) is 4.77. The highest BCUT2D eigenvalue weighted by Crippen LogP contribution is 2.39. The van der Waals surface area contributed by atoms with Gasteiger partial charge in [-0.3, -0.25) is 15.5 Å². The molecule has 0 aliphatic carbocycles. The lowest BCUT2D eigenvalue weighted by Gasteiger charge is -2.43. The Labute approximate surface area is 164 Å². The molecule has 1 aliphatic heterocycles. The number of nitrogens with zero attached hydrogens (tertiary/aromatic N) is 4. The summed E-state index contributed by atoms with van der Waals surface area (Å²) in [5.41, 5.74) is 8.60. The van der Waals surface area contributed by atoms with Crippen LogP contribution < -0.4 is 10.3 Å². The molecule has 0 unspecified atom stereocenters.